The molecule has 1 aliphatic heterocycles. The van der Waals surface area contributed by atoms with Gasteiger partial charge in [-0.2, -0.15) is 0 Å². The maximum Gasteiger partial charge on any atom is 0.336 e. The van der Waals surface area contributed by atoms with Crippen LogP contribution in [0.2, 0.25) is 0 Å². The SMILES string of the molecule is COc1ccc(OC)c(N2C(=O)NC(=O)/C(=C/c3ccc(OC)c(OC)c3)C2=O)c1. The number of carbonyl (C=O) groups is 3. The summed E-state index contributed by atoms with van der Waals surface area (Å²) in [6.45, 7) is 0. The number of carbonyl (C=O) groups excluding carboxylic acids is 3. The summed E-state index contributed by atoms with van der Waals surface area (Å²) in [7, 11) is 5.83. The molecule has 0 spiro atoms. The Kier molecular flexibility index (Phi) is 5.91. The molecule has 1 N–H and O–H groups in total. The van der Waals surface area contributed by atoms with Crippen LogP contribution >= 0.6 is 0 Å². The molecule has 9 nitrogen and oxygen atoms in total. The zero-order chi connectivity index (χ0) is 21.8. The number of imide groups is 2. The zero-order valence-corrected chi connectivity index (χ0v) is 16.8. The predicted molar refractivity (Wildman–Crippen MR) is 108 cm³/mol. The number of methoxy groups -OCH3 is 4. The van der Waals surface area contributed by atoms with E-state index in [4.69, 9.17) is 18.9 Å². The lowest BCUT2D eigenvalue weighted by atomic mass is 10.1. The van der Waals surface area contributed by atoms with E-state index in [1.54, 1.807) is 30.3 Å². The second kappa shape index (κ2) is 8.56. The van der Waals surface area contributed by atoms with Gasteiger partial charge in [0.2, 0.25) is 0 Å². The molecule has 30 heavy (non-hydrogen) atoms. The molecular weight excluding hydrogens is 392 g/mol. The van der Waals surface area contributed by atoms with Crippen molar-refractivity contribution in [2.24, 2.45) is 0 Å². The molecule has 0 bridgehead atoms. The van der Waals surface area contributed by atoms with Gasteiger partial charge >= 0.3 is 6.03 Å². The fraction of sp³-hybridized carbons (Fsp3) is 0.190. The summed E-state index contributed by atoms with van der Waals surface area (Å²) < 4.78 is 20.9. The van der Waals surface area contributed by atoms with Gasteiger partial charge in [0.05, 0.1) is 34.1 Å². The van der Waals surface area contributed by atoms with Crippen LogP contribution in [-0.4, -0.2) is 46.3 Å². The lowest BCUT2D eigenvalue weighted by Crippen LogP contribution is -2.54. The highest BCUT2D eigenvalue weighted by molar-refractivity contribution is 6.39. The quantitative estimate of drug-likeness (QED) is 0.574. The average molecular weight is 412 g/mol. The van der Waals surface area contributed by atoms with Crippen molar-refractivity contribution in [3.8, 4) is 23.0 Å². The molecule has 2 aromatic carbocycles. The number of ether oxygens (including phenoxy) is 4. The molecule has 3 rings (SSSR count). The molecule has 2 aromatic rings. The van der Waals surface area contributed by atoms with E-state index in [0.29, 0.717) is 22.8 Å². The molecule has 1 saturated heterocycles. The van der Waals surface area contributed by atoms with Crippen LogP contribution in [0.1, 0.15) is 5.56 Å². The number of hydrogen-bond acceptors (Lipinski definition) is 7. The number of amides is 4. The molecular formula is C21H20N2O7. The minimum absolute atomic E-state index is 0.144. The Morgan fingerprint density at radius 3 is 2.10 bits per heavy atom. The molecule has 0 radical (unpaired) electrons. The van der Waals surface area contributed by atoms with Gasteiger partial charge in [0, 0.05) is 6.07 Å². The minimum atomic E-state index is -0.888. The van der Waals surface area contributed by atoms with Crippen LogP contribution in [0.5, 0.6) is 23.0 Å². The van der Waals surface area contributed by atoms with E-state index < -0.39 is 17.8 Å². The maximum atomic E-state index is 13.1. The predicted octanol–water partition coefficient (Wildman–Crippen LogP) is 2.39. The van der Waals surface area contributed by atoms with E-state index in [1.165, 1.54) is 40.6 Å². The van der Waals surface area contributed by atoms with Crippen molar-refractivity contribution >= 4 is 29.6 Å². The van der Waals surface area contributed by atoms with E-state index in [2.05, 4.69) is 5.32 Å². The van der Waals surface area contributed by atoms with Crippen LogP contribution in [-0.2, 0) is 9.59 Å². The van der Waals surface area contributed by atoms with Crippen LogP contribution < -0.4 is 29.2 Å². The number of urea groups is 1. The van der Waals surface area contributed by atoms with Crippen molar-refractivity contribution in [1.82, 2.24) is 5.32 Å². The third-order valence-corrected chi connectivity index (χ3v) is 4.45. The third-order valence-electron chi connectivity index (χ3n) is 4.45. The molecule has 1 heterocycles. The Hall–Kier alpha value is -4.01. The Bertz CT molecular complexity index is 1050. The van der Waals surface area contributed by atoms with Gasteiger partial charge < -0.3 is 18.9 Å². The summed E-state index contributed by atoms with van der Waals surface area (Å²) in [6, 6.07) is 8.68. The first-order valence-electron chi connectivity index (χ1n) is 8.79. The smallest absolute Gasteiger partial charge is 0.336 e. The normalized spacial score (nSPS) is 15.1. The van der Waals surface area contributed by atoms with Gasteiger partial charge in [0.1, 0.15) is 17.1 Å². The molecule has 156 valence electrons. The lowest BCUT2D eigenvalue weighted by molar-refractivity contribution is -0.122. The van der Waals surface area contributed by atoms with Gasteiger partial charge in [-0.1, -0.05) is 6.07 Å². The van der Waals surface area contributed by atoms with E-state index in [0.717, 1.165) is 4.90 Å². The number of barbiturate groups is 1. The van der Waals surface area contributed by atoms with Crippen molar-refractivity contribution < 1.29 is 33.3 Å². The van der Waals surface area contributed by atoms with Crippen molar-refractivity contribution in [2.45, 2.75) is 0 Å². The largest absolute Gasteiger partial charge is 0.497 e. The number of nitrogens with zero attached hydrogens (tertiary/aromatic N) is 1. The fourth-order valence-electron chi connectivity index (χ4n) is 2.96. The summed E-state index contributed by atoms with van der Waals surface area (Å²) in [5.41, 5.74) is 0.426. The van der Waals surface area contributed by atoms with E-state index in [1.807, 2.05) is 0 Å². The molecule has 0 aromatic heterocycles. The highest BCUT2D eigenvalue weighted by atomic mass is 16.5. The van der Waals surface area contributed by atoms with Crippen LogP contribution in [0.4, 0.5) is 10.5 Å². The maximum absolute atomic E-state index is 13.1. The van der Waals surface area contributed by atoms with Gasteiger partial charge in [-0.3, -0.25) is 14.9 Å². The van der Waals surface area contributed by atoms with Gasteiger partial charge in [-0.05, 0) is 35.9 Å². The standard InChI is InChI=1S/C21H20N2O7/c1-27-13-6-8-16(28-2)15(11-13)23-20(25)14(19(24)22-21(23)26)9-12-5-7-17(29-3)18(10-12)30-4/h5-11H,1-4H3,(H,22,24,26)/b14-9-. The summed E-state index contributed by atoms with van der Waals surface area (Å²) in [4.78, 5) is 38.8. The van der Waals surface area contributed by atoms with Crippen LogP contribution in [0.3, 0.4) is 0 Å². The molecule has 1 aliphatic rings. The van der Waals surface area contributed by atoms with Crippen molar-refractivity contribution in [3.63, 3.8) is 0 Å². The van der Waals surface area contributed by atoms with Gasteiger partial charge in [-0.15, -0.1) is 0 Å². The second-order valence-electron chi connectivity index (χ2n) is 6.11. The minimum Gasteiger partial charge on any atom is -0.497 e. The molecule has 1 fully saturated rings. The van der Waals surface area contributed by atoms with Crippen molar-refractivity contribution in [3.05, 3.63) is 47.5 Å². The van der Waals surface area contributed by atoms with Crippen molar-refractivity contribution in [2.75, 3.05) is 33.3 Å². The Labute approximate surface area is 172 Å². The molecule has 0 atom stereocenters. The fourth-order valence-corrected chi connectivity index (χ4v) is 2.96. The summed E-state index contributed by atoms with van der Waals surface area (Å²) in [5.74, 6) is -0.00858. The van der Waals surface area contributed by atoms with E-state index in [9.17, 15) is 14.4 Å². The highest BCUT2D eigenvalue weighted by Crippen LogP contribution is 2.35. The zero-order valence-electron chi connectivity index (χ0n) is 16.8. The van der Waals surface area contributed by atoms with E-state index in [-0.39, 0.29) is 17.0 Å². The molecule has 0 aliphatic carbocycles. The van der Waals surface area contributed by atoms with Crippen LogP contribution in [0, 0.1) is 0 Å². The summed E-state index contributed by atoms with van der Waals surface area (Å²) >= 11 is 0. The first kappa shape index (κ1) is 20.7. The molecule has 9 heteroatoms. The second-order valence-corrected chi connectivity index (χ2v) is 6.11. The topological polar surface area (TPSA) is 103 Å². The summed E-state index contributed by atoms with van der Waals surface area (Å²) in [5, 5.41) is 2.18. The number of rotatable bonds is 6. The van der Waals surface area contributed by atoms with Crippen LogP contribution in [0.15, 0.2) is 42.0 Å². The Balaban J connectivity index is 2.07. The van der Waals surface area contributed by atoms with Gasteiger partial charge in [-0.25, -0.2) is 9.69 Å². The van der Waals surface area contributed by atoms with Crippen LogP contribution in [0.25, 0.3) is 6.08 Å². The Morgan fingerprint density at radius 2 is 1.47 bits per heavy atom. The Morgan fingerprint density at radius 1 is 0.800 bits per heavy atom. The van der Waals surface area contributed by atoms with E-state index >= 15 is 0 Å². The number of hydrogen-bond donors (Lipinski definition) is 1. The average Bonchev–Trinajstić information content (AvgIpc) is 2.76. The van der Waals surface area contributed by atoms with Gasteiger partial charge in [0.15, 0.2) is 11.5 Å². The number of nitrogens with one attached hydrogen (secondary N) is 1. The third kappa shape index (κ3) is 3.77. The molecule has 4 amide bonds. The molecule has 0 unspecified atom stereocenters. The lowest BCUT2D eigenvalue weighted by Gasteiger charge is -2.27. The summed E-state index contributed by atoms with van der Waals surface area (Å²) in [6.07, 6.45) is 1.37. The first-order valence-corrected chi connectivity index (χ1v) is 8.79. The number of anilines is 1. The highest BCUT2D eigenvalue weighted by Gasteiger charge is 2.38. The first-order chi connectivity index (χ1) is 14.4. The number of benzene rings is 2. The molecule has 0 saturated carbocycles. The van der Waals surface area contributed by atoms with Crippen molar-refractivity contribution in [1.29, 1.82) is 0 Å². The van der Waals surface area contributed by atoms with Gasteiger partial charge in [0.25, 0.3) is 11.8 Å². The monoisotopic (exact) mass is 412 g/mol.